The first-order chi connectivity index (χ1) is 7.27. The minimum absolute atomic E-state index is 0.190. The fraction of sp³-hybridized carbons (Fsp3) is 0.615. The Balaban J connectivity index is 2.09. The van der Waals surface area contributed by atoms with Crippen molar-refractivity contribution in [3.8, 4) is 0 Å². The maximum absolute atomic E-state index is 11.2. The highest BCUT2D eigenvalue weighted by molar-refractivity contribution is 5.79. The van der Waals surface area contributed by atoms with Crippen molar-refractivity contribution in [2.24, 2.45) is 0 Å². The molecule has 0 spiro atoms. The molecule has 2 nitrogen and oxygen atoms in total. The molecular weight excluding hydrogens is 186 g/mol. The molecule has 0 radical (unpaired) electrons. The van der Waals surface area contributed by atoms with Crippen LogP contribution in [0.4, 0.5) is 0 Å². The number of hydrogen-bond acceptors (Lipinski definition) is 2. The van der Waals surface area contributed by atoms with Gasteiger partial charge in [0.1, 0.15) is 5.78 Å². The van der Waals surface area contributed by atoms with Gasteiger partial charge in [-0.25, -0.2) is 0 Å². The van der Waals surface area contributed by atoms with Gasteiger partial charge in [-0.15, -0.1) is 0 Å². The van der Waals surface area contributed by atoms with Crippen LogP contribution in [0, 0.1) is 0 Å². The molecule has 0 aromatic heterocycles. The smallest absolute Gasteiger partial charge is 0.135 e. The molecule has 15 heavy (non-hydrogen) atoms. The Morgan fingerprint density at radius 1 is 1.33 bits per heavy atom. The Morgan fingerprint density at radius 3 is 2.60 bits per heavy atom. The molecule has 0 bridgehead atoms. The summed E-state index contributed by atoms with van der Waals surface area (Å²) in [5, 5.41) is 0. The molecule has 2 aliphatic rings. The minimum Gasteiger partial charge on any atom is -0.300 e. The van der Waals surface area contributed by atoms with Crippen molar-refractivity contribution >= 4 is 5.78 Å². The summed E-state index contributed by atoms with van der Waals surface area (Å²) in [6.07, 6.45) is 12.5. The van der Waals surface area contributed by atoms with E-state index in [-0.39, 0.29) is 5.54 Å². The van der Waals surface area contributed by atoms with E-state index in [4.69, 9.17) is 0 Å². The van der Waals surface area contributed by atoms with Crippen LogP contribution in [0.5, 0.6) is 0 Å². The summed E-state index contributed by atoms with van der Waals surface area (Å²) in [4.78, 5) is 13.7. The Hall–Kier alpha value is -0.890. The van der Waals surface area contributed by atoms with Crippen LogP contribution in [0.2, 0.25) is 0 Å². The molecule has 1 fully saturated rings. The summed E-state index contributed by atoms with van der Waals surface area (Å²) in [7, 11) is 0. The summed E-state index contributed by atoms with van der Waals surface area (Å²) < 4.78 is 0. The van der Waals surface area contributed by atoms with Crippen LogP contribution in [0.25, 0.3) is 0 Å². The predicted octanol–water partition coefficient (Wildman–Crippen LogP) is 2.32. The lowest BCUT2D eigenvalue weighted by molar-refractivity contribution is -0.122. The number of piperidine rings is 1. The van der Waals surface area contributed by atoms with E-state index in [1.165, 1.54) is 0 Å². The van der Waals surface area contributed by atoms with Gasteiger partial charge in [0.2, 0.25) is 0 Å². The lowest BCUT2D eigenvalue weighted by Crippen LogP contribution is -2.50. The highest BCUT2D eigenvalue weighted by Crippen LogP contribution is 2.30. The van der Waals surface area contributed by atoms with E-state index < -0.39 is 0 Å². The lowest BCUT2D eigenvalue weighted by Gasteiger charge is -2.43. The molecular formula is C13H19NO. The quantitative estimate of drug-likeness (QED) is 0.689. The molecule has 1 heterocycles. The van der Waals surface area contributed by atoms with Crippen molar-refractivity contribution < 1.29 is 4.79 Å². The number of carbonyl (C=O) groups is 1. The highest BCUT2D eigenvalue weighted by atomic mass is 16.1. The summed E-state index contributed by atoms with van der Waals surface area (Å²) in [6, 6.07) is 0. The van der Waals surface area contributed by atoms with E-state index in [2.05, 4.69) is 36.1 Å². The van der Waals surface area contributed by atoms with Gasteiger partial charge >= 0.3 is 0 Å². The molecule has 0 amide bonds. The van der Waals surface area contributed by atoms with Gasteiger partial charge in [0, 0.05) is 31.5 Å². The van der Waals surface area contributed by atoms with Gasteiger partial charge in [-0.3, -0.25) is 9.69 Å². The number of allylic oxidation sites excluding steroid dienone is 2. The maximum atomic E-state index is 11.2. The zero-order chi connectivity index (χ0) is 10.7. The number of carbonyl (C=O) groups excluding carboxylic acids is 1. The maximum Gasteiger partial charge on any atom is 0.135 e. The number of nitrogens with zero attached hydrogens (tertiary/aromatic N) is 1. The fourth-order valence-electron chi connectivity index (χ4n) is 2.58. The highest BCUT2D eigenvalue weighted by Gasteiger charge is 2.34. The standard InChI is InChI=1S/C13H19NO/c1-2-13(8-4-3-5-9-13)14-10-6-12(15)7-11-14/h3-5,8H,2,6-7,9-11H2,1H3/t13-/m0/s1. The summed E-state index contributed by atoms with van der Waals surface area (Å²) >= 11 is 0. The third kappa shape index (κ3) is 2.05. The SMILES string of the molecule is CC[C@]1(N2CCC(=O)CC2)C=CC=CC1. The van der Waals surface area contributed by atoms with E-state index in [9.17, 15) is 4.79 Å². The van der Waals surface area contributed by atoms with E-state index >= 15 is 0 Å². The first kappa shape index (κ1) is 10.6. The monoisotopic (exact) mass is 205 g/mol. The summed E-state index contributed by atoms with van der Waals surface area (Å²) in [5.74, 6) is 0.424. The Bertz CT molecular complexity index is 296. The summed E-state index contributed by atoms with van der Waals surface area (Å²) in [5.41, 5.74) is 0.190. The van der Waals surface area contributed by atoms with E-state index in [0.29, 0.717) is 5.78 Å². The van der Waals surface area contributed by atoms with Gasteiger partial charge < -0.3 is 0 Å². The number of Topliss-reactive ketones (excluding diaryl/α,β-unsaturated/α-hetero) is 1. The second-order valence-electron chi connectivity index (χ2n) is 4.47. The first-order valence-corrected chi connectivity index (χ1v) is 5.88. The van der Waals surface area contributed by atoms with Crippen LogP contribution in [-0.2, 0) is 4.79 Å². The van der Waals surface area contributed by atoms with Crippen LogP contribution in [0.1, 0.15) is 32.6 Å². The molecule has 2 rings (SSSR count). The number of ketones is 1. The third-order valence-corrected chi connectivity index (χ3v) is 3.69. The van der Waals surface area contributed by atoms with Gasteiger partial charge in [-0.2, -0.15) is 0 Å². The summed E-state index contributed by atoms with van der Waals surface area (Å²) in [6.45, 7) is 4.11. The van der Waals surface area contributed by atoms with E-state index in [1.807, 2.05) is 0 Å². The molecule has 1 atom stereocenters. The van der Waals surface area contributed by atoms with Crippen LogP contribution in [0.3, 0.4) is 0 Å². The average molecular weight is 205 g/mol. The number of rotatable bonds is 2. The molecule has 0 aromatic carbocycles. The van der Waals surface area contributed by atoms with Gasteiger partial charge in [0.25, 0.3) is 0 Å². The van der Waals surface area contributed by atoms with Crippen molar-refractivity contribution in [3.05, 3.63) is 24.3 Å². The molecule has 1 saturated heterocycles. The van der Waals surface area contributed by atoms with Crippen LogP contribution >= 0.6 is 0 Å². The predicted molar refractivity (Wildman–Crippen MR) is 61.7 cm³/mol. The minimum atomic E-state index is 0.190. The molecule has 0 N–H and O–H groups in total. The van der Waals surface area contributed by atoms with Crippen LogP contribution < -0.4 is 0 Å². The molecule has 1 aliphatic heterocycles. The molecule has 82 valence electrons. The molecule has 1 aliphatic carbocycles. The second-order valence-corrected chi connectivity index (χ2v) is 4.47. The Morgan fingerprint density at radius 2 is 2.07 bits per heavy atom. The lowest BCUT2D eigenvalue weighted by atomic mass is 9.85. The van der Waals surface area contributed by atoms with Crippen molar-refractivity contribution in [1.82, 2.24) is 4.90 Å². The van der Waals surface area contributed by atoms with Gasteiger partial charge in [0.15, 0.2) is 0 Å². The van der Waals surface area contributed by atoms with E-state index in [0.717, 1.165) is 38.8 Å². The Labute approximate surface area is 91.6 Å². The molecule has 0 saturated carbocycles. The largest absolute Gasteiger partial charge is 0.300 e. The third-order valence-electron chi connectivity index (χ3n) is 3.69. The number of likely N-dealkylation sites (tertiary alicyclic amines) is 1. The average Bonchev–Trinajstić information content (AvgIpc) is 2.31. The van der Waals surface area contributed by atoms with Crippen LogP contribution in [-0.4, -0.2) is 29.3 Å². The van der Waals surface area contributed by atoms with Crippen molar-refractivity contribution in [3.63, 3.8) is 0 Å². The number of hydrogen-bond donors (Lipinski definition) is 0. The van der Waals surface area contributed by atoms with Gasteiger partial charge in [-0.05, 0) is 12.8 Å². The molecule has 0 unspecified atom stereocenters. The molecule has 0 aromatic rings. The van der Waals surface area contributed by atoms with Crippen LogP contribution in [0.15, 0.2) is 24.3 Å². The van der Waals surface area contributed by atoms with Crippen molar-refractivity contribution in [1.29, 1.82) is 0 Å². The zero-order valence-electron chi connectivity index (χ0n) is 9.41. The fourth-order valence-corrected chi connectivity index (χ4v) is 2.58. The van der Waals surface area contributed by atoms with Crippen molar-refractivity contribution in [2.45, 2.75) is 38.1 Å². The zero-order valence-corrected chi connectivity index (χ0v) is 9.41. The Kier molecular flexibility index (Phi) is 3.06. The topological polar surface area (TPSA) is 20.3 Å². The van der Waals surface area contributed by atoms with E-state index in [1.54, 1.807) is 0 Å². The van der Waals surface area contributed by atoms with Gasteiger partial charge in [0.05, 0.1) is 0 Å². The normalized spacial score (nSPS) is 32.2. The second kappa shape index (κ2) is 4.31. The van der Waals surface area contributed by atoms with Crippen molar-refractivity contribution in [2.75, 3.05) is 13.1 Å². The van der Waals surface area contributed by atoms with Gasteiger partial charge in [-0.1, -0.05) is 31.2 Å². The first-order valence-electron chi connectivity index (χ1n) is 5.88. The molecule has 2 heteroatoms.